The van der Waals surface area contributed by atoms with Crippen LogP contribution in [0.25, 0.3) is 11.3 Å². The molecule has 3 heteroatoms. The van der Waals surface area contributed by atoms with Crippen LogP contribution in [0, 0.1) is 0 Å². The standard InChI is InChI=1S/C11H8N2O/c14-8-9-3-4-11(13-6-9)10-2-1-5-12-7-10/h1-8H. The lowest BCUT2D eigenvalue weighted by Gasteiger charge is -1.98. The molecule has 0 aromatic carbocycles. The topological polar surface area (TPSA) is 42.9 Å². The Bertz CT molecular complexity index is 423. The first-order valence-electron chi connectivity index (χ1n) is 4.22. The van der Waals surface area contributed by atoms with Gasteiger partial charge in [-0.3, -0.25) is 14.8 Å². The highest BCUT2D eigenvalue weighted by atomic mass is 16.1. The molecule has 0 unspecified atom stereocenters. The molecule has 0 spiro atoms. The maximum atomic E-state index is 10.4. The van der Waals surface area contributed by atoms with E-state index in [0.717, 1.165) is 17.5 Å². The molecule has 0 bridgehead atoms. The molecule has 68 valence electrons. The molecule has 0 amide bonds. The maximum Gasteiger partial charge on any atom is 0.151 e. The summed E-state index contributed by atoms with van der Waals surface area (Å²) in [4.78, 5) is 18.5. The van der Waals surface area contributed by atoms with Crippen molar-refractivity contribution in [3.8, 4) is 11.3 Å². The minimum atomic E-state index is 0.581. The molecule has 2 rings (SSSR count). The fraction of sp³-hybridized carbons (Fsp3) is 0. The molecule has 2 heterocycles. The van der Waals surface area contributed by atoms with E-state index in [2.05, 4.69) is 9.97 Å². The van der Waals surface area contributed by atoms with E-state index in [9.17, 15) is 4.79 Å². The lowest BCUT2D eigenvalue weighted by Crippen LogP contribution is -1.86. The van der Waals surface area contributed by atoms with Gasteiger partial charge in [-0.1, -0.05) is 0 Å². The zero-order valence-electron chi connectivity index (χ0n) is 7.42. The van der Waals surface area contributed by atoms with Crippen LogP contribution in [-0.2, 0) is 0 Å². The van der Waals surface area contributed by atoms with E-state index in [1.54, 1.807) is 30.7 Å². The molecule has 0 aliphatic heterocycles. The second kappa shape index (κ2) is 3.79. The maximum absolute atomic E-state index is 10.4. The summed E-state index contributed by atoms with van der Waals surface area (Å²) < 4.78 is 0. The van der Waals surface area contributed by atoms with Crippen molar-refractivity contribution >= 4 is 6.29 Å². The summed E-state index contributed by atoms with van der Waals surface area (Å²) in [7, 11) is 0. The number of aldehydes is 1. The fourth-order valence-electron chi connectivity index (χ4n) is 1.16. The smallest absolute Gasteiger partial charge is 0.151 e. The second-order valence-electron chi connectivity index (χ2n) is 2.84. The van der Waals surface area contributed by atoms with Crippen LogP contribution in [0.2, 0.25) is 0 Å². The lowest BCUT2D eigenvalue weighted by atomic mass is 10.2. The number of pyridine rings is 2. The highest BCUT2D eigenvalue weighted by molar-refractivity contribution is 5.75. The van der Waals surface area contributed by atoms with Gasteiger partial charge in [-0.25, -0.2) is 0 Å². The average molecular weight is 184 g/mol. The first-order valence-corrected chi connectivity index (χ1v) is 4.22. The lowest BCUT2D eigenvalue weighted by molar-refractivity contribution is 0.112. The fourth-order valence-corrected chi connectivity index (χ4v) is 1.16. The third kappa shape index (κ3) is 1.66. The minimum Gasteiger partial charge on any atom is -0.298 e. The van der Waals surface area contributed by atoms with Gasteiger partial charge in [0.05, 0.1) is 5.69 Å². The van der Waals surface area contributed by atoms with E-state index in [-0.39, 0.29) is 0 Å². The zero-order valence-corrected chi connectivity index (χ0v) is 7.42. The van der Waals surface area contributed by atoms with Gasteiger partial charge in [-0.2, -0.15) is 0 Å². The highest BCUT2D eigenvalue weighted by Crippen LogP contribution is 2.14. The van der Waals surface area contributed by atoms with E-state index < -0.39 is 0 Å². The van der Waals surface area contributed by atoms with Crippen molar-refractivity contribution in [2.75, 3.05) is 0 Å². The largest absolute Gasteiger partial charge is 0.298 e. The van der Waals surface area contributed by atoms with Crippen LogP contribution >= 0.6 is 0 Å². The Kier molecular flexibility index (Phi) is 2.32. The molecule has 3 nitrogen and oxygen atoms in total. The summed E-state index contributed by atoms with van der Waals surface area (Å²) in [6, 6.07) is 7.32. The first kappa shape index (κ1) is 8.56. The van der Waals surface area contributed by atoms with Crippen molar-refractivity contribution in [1.82, 2.24) is 9.97 Å². The molecule has 0 atom stereocenters. The molecule has 0 fully saturated rings. The van der Waals surface area contributed by atoms with Gasteiger partial charge < -0.3 is 0 Å². The molecule has 14 heavy (non-hydrogen) atoms. The number of carbonyl (C=O) groups is 1. The van der Waals surface area contributed by atoms with E-state index in [1.165, 1.54) is 0 Å². The number of nitrogens with zero attached hydrogens (tertiary/aromatic N) is 2. The third-order valence-corrected chi connectivity index (χ3v) is 1.88. The molecule has 2 aromatic rings. The van der Waals surface area contributed by atoms with Crippen molar-refractivity contribution in [2.24, 2.45) is 0 Å². The summed E-state index contributed by atoms with van der Waals surface area (Å²) in [5, 5.41) is 0. The zero-order chi connectivity index (χ0) is 9.80. The number of carbonyl (C=O) groups excluding carboxylic acids is 1. The summed E-state index contributed by atoms with van der Waals surface area (Å²) >= 11 is 0. The number of hydrogen-bond acceptors (Lipinski definition) is 3. The normalized spacial score (nSPS) is 9.71. The monoisotopic (exact) mass is 184 g/mol. The second-order valence-corrected chi connectivity index (χ2v) is 2.84. The predicted molar refractivity (Wildman–Crippen MR) is 52.9 cm³/mol. The van der Waals surface area contributed by atoms with Gasteiger partial charge in [0, 0.05) is 29.7 Å². The Morgan fingerprint density at radius 3 is 2.64 bits per heavy atom. The SMILES string of the molecule is O=Cc1ccc(-c2cccnc2)nc1. The summed E-state index contributed by atoms with van der Waals surface area (Å²) in [6.07, 6.45) is 5.78. The van der Waals surface area contributed by atoms with Gasteiger partial charge in [0.1, 0.15) is 0 Å². The Morgan fingerprint density at radius 2 is 2.07 bits per heavy atom. The highest BCUT2D eigenvalue weighted by Gasteiger charge is 1.97. The van der Waals surface area contributed by atoms with Crippen LogP contribution in [0.15, 0.2) is 42.9 Å². The average Bonchev–Trinajstić information content (AvgIpc) is 2.30. The molecule has 0 saturated carbocycles. The van der Waals surface area contributed by atoms with Crippen LogP contribution in [0.3, 0.4) is 0 Å². The molecule has 0 aliphatic carbocycles. The van der Waals surface area contributed by atoms with Crippen LogP contribution in [0.1, 0.15) is 10.4 Å². The van der Waals surface area contributed by atoms with Crippen molar-refractivity contribution in [2.45, 2.75) is 0 Å². The Hall–Kier alpha value is -2.03. The summed E-state index contributed by atoms with van der Waals surface area (Å²) in [6.45, 7) is 0. The molecule has 0 saturated heterocycles. The number of aromatic nitrogens is 2. The van der Waals surface area contributed by atoms with Gasteiger partial charge in [0.2, 0.25) is 0 Å². The summed E-state index contributed by atoms with van der Waals surface area (Å²) in [5.74, 6) is 0. The van der Waals surface area contributed by atoms with Crippen molar-refractivity contribution < 1.29 is 4.79 Å². The van der Waals surface area contributed by atoms with Gasteiger partial charge in [0.25, 0.3) is 0 Å². The quantitative estimate of drug-likeness (QED) is 0.670. The van der Waals surface area contributed by atoms with Crippen LogP contribution < -0.4 is 0 Å². The molecule has 0 radical (unpaired) electrons. The molecule has 2 aromatic heterocycles. The van der Waals surface area contributed by atoms with Gasteiger partial charge >= 0.3 is 0 Å². The van der Waals surface area contributed by atoms with Crippen LogP contribution in [0.4, 0.5) is 0 Å². The van der Waals surface area contributed by atoms with E-state index in [4.69, 9.17) is 0 Å². The van der Waals surface area contributed by atoms with E-state index >= 15 is 0 Å². The van der Waals surface area contributed by atoms with Gasteiger partial charge in [-0.05, 0) is 24.3 Å². The first-order chi connectivity index (χ1) is 6.90. The van der Waals surface area contributed by atoms with Crippen LogP contribution in [-0.4, -0.2) is 16.3 Å². The van der Waals surface area contributed by atoms with Crippen LogP contribution in [0.5, 0.6) is 0 Å². The van der Waals surface area contributed by atoms with E-state index in [0.29, 0.717) is 5.56 Å². The van der Waals surface area contributed by atoms with Crippen molar-refractivity contribution in [3.63, 3.8) is 0 Å². The predicted octanol–water partition coefficient (Wildman–Crippen LogP) is 1.96. The Morgan fingerprint density at radius 1 is 1.14 bits per heavy atom. The van der Waals surface area contributed by atoms with Gasteiger partial charge in [0.15, 0.2) is 6.29 Å². The summed E-state index contributed by atoms with van der Waals surface area (Å²) in [5.41, 5.74) is 2.35. The Balaban J connectivity index is 2.39. The molecular weight excluding hydrogens is 176 g/mol. The Labute approximate surface area is 81.5 Å². The molecule has 0 N–H and O–H groups in total. The van der Waals surface area contributed by atoms with Crippen molar-refractivity contribution in [3.05, 3.63) is 48.4 Å². The molecule has 0 aliphatic rings. The van der Waals surface area contributed by atoms with Crippen molar-refractivity contribution in [1.29, 1.82) is 0 Å². The third-order valence-electron chi connectivity index (χ3n) is 1.88. The van der Waals surface area contributed by atoms with E-state index in [1.807, 2.05) is 12.1 Å². The number of hydrogen-bond donors (Lipinski definition) is 0. The minimum absolute atomic E-state index is 0.581. The number of rotatable bonds is 2. The molecular formula is C11H8N2O. The van der Waals surface area contributed by atoms with Gasteiger partial charge in [-0.15, -0.1) is 0 Å².